The number of rotatable bonds is 76. The highest BCUT2D eigenvalue weighted by molar-refractivity contribution is 5.71. The molecule has 1 N–H and O–H groups in total. The average Bonchev–Trinajstić information content (AvgIpc) is 1.18. The molecule has 2 unspecified atom stereocenters. The molecule has 0 aromatic carbocycles. The van der Waals surface area contributed by atoms with Crippen molar-refractivity contribution in [2.75, 3.05) is 47.5 Å². The van der Waals surface area contributed by atoms with E-state index in [1.54, 1.807) is 0 Å². The Morgan fingerprint density at radius 3 is 0.762 bits per heavy atom. The van der Waals surface area contributed by atoms with E-state index in [1.165, 1.54) is 135 Å². The average molecular weight is 1450 g/mol. The Kier molecular flexibility index (Phi) is 78.6. The first kappa shape index (κ1) is 98.9. The quantitative estimate of drug-likeness (QED) is 0.0211. The van der Waals surface area contributed by atoms with Crippen LogP contribution < -0.4 is 0 Å². The molecule has 592 valence electrons. The summed E-state index contributed by atoms with van der Waals surface area (Å²) in [5.41, 5.74) is 0. The minimum absolute atomic E-state index is 0.174. The predicted molar refractivity (Wildman–Crippen MR) is 455 cm³/mol. The fraction of sp³-hybridized carbons (Fsp3) is 0.615. The standard InChI is InChI=1S/C96H155NO8/c1-6-8-10-12-14-16-18-20-22-24-26-28-30-32-34-36-38-40-42-44-46-47-49-51-53-55-57-59-61-63-65-67-69-71-73-75-77-79-81-83-85-87-94(99)105-92(91-104-96(95(100)101)102-89-88-97(3,4)5)90-103-93(98)86-84-82-80-78-76-74-72-70-68-66-64-62-60-58-56-54-52-50-48-45-43-41-39-37-35-33-31-29-27-25-23-21-19-17-15-13-11-9-7-2/h8-11,14-17,20-23,26-29,32-35,38,40,44,46,49,51,55,57,61,63,67,69,73,75,92,96H,6-7,12-13,18-19,24-25,30-31,36-37,39,41-43,45,47-48,50,52-54,56,58-60,62,64-66,68,70-72,74,76-91H2,1-5H3/p+1/b10-8-,11-9-,16-14-,17-15-,22-20-,23-21-,28-26-,29-27-,34-32-,35-33-,40-38-,46-44-,51-49-,57-55-,63-61-,69-67-,75-73-. The summed E-state index contributed by atoms with van der Waals surface area (Å²) in [6.07, 6.45) is 127. The van der Waals surface area contributed by atoms with Gasteiger partial charge in [0.15, 0.2) is 6.10 Å². The second kappa shape index (κ2) is 83.5. The first-order chi connectivity index (χ1) is 51.6. The number of allylic oxidation sites excluding steroid dienone is 34. The highest BCUT2D eigenvalue weighted by Gasteiger charge is 2.25. The first-order valence-electron chi connectivity index (χ1n) is 42.2. The molecule has 0 amide bonds. The highest BCUT2D eigenvalue weighted by Crippen LogP contribution is 2.18. The number of hydrogen-bond acceptors (Lipinski definition) is 7. The summed E-state index contributed by atoms with van der Waals surface area (Å²) in [4.78, 5) is 37.8. The lowest BCUT2D eigenvalue weighted by Crippen LogP contribution is -2.40. The molecule has 9 nitrogen and oxygen atoms in total. The van der Waals surface area contributed by atoms with E-state index in [0.717, 1.165) is 154 Å². The van der Waals surface area contributed by atoms with Gasteiger partial charge in [-0.1, -0.05) is 368 Å². The van der Waals surface area contributed by atoms with Gasteiger partial charge in [0.05, 0.1) is 34.4 Å². The van der Waals surface area contributed by atoms with Crippen LogP contribution in [0.5, 0.6) is 0 Å². The molecular weight excluding hydrogens is 1300 g/mol. The Morgan fingerprint density at radius 2 is 0.514 bits per heavy atom. The van der Waals surface area contributed by atoms with E-state index in [1.807, 2.05) is 21.1 Å². The van der Waals surface area contributed by atoms with Gasteiger partial charge in [-0.05, 0) is 148 Å². The van der Waals surface area contributed by atoms with Crippen LogP contribution in [0.3, 0.4) is 0 Å². The minimum Gasteiger partial charge on any atom is -0.477 e. The van der Waals surface area contributed by atoms with E-state index in [4.69, 9.17) is 18.9 Å². The molecule has 0 saturated heterocycles. The van der Waals surface area contributed by atoms with Gasteiger partial charge in [-0.25, -0.2) is 4.79 Å². The van der Waals surface area contributed by atoms with Crippen molar-refractivity contribution >= 4 is 17.9 Å². The molecule has 0 aliphatic rings. The predicted octanol–water partition coefficient (Wildman–Crippen LogP) is 27.8. The molecule has 2 atom stereocenters. The molecule has 9 heteroatoms. The van der Waals surface area contributed by atoms with Crippen molar-refractivity contribution in [1.82, 2.24) is 0 Å². The zero-order chi connectivity index (χ0) is 76.0. The summed E-state index contributed by atoms with van der Waals surface area (Å²) in [6, 6.07) is 0. The Morgan fingerprint density at radius 1 is 0.286 bits per heavy atom. The van der Waals surface area contributed by atoms with Crippen molar-refractivity contribution in [3.63, 3.8) is 0 Å². The van der Waals surface area contributed by atoms with Crippen molar-refractivity contribution in [3.05, 3.63) is 207 Å². The zero-order valence-corrected chi connectivity index (χ0v) is 67.8. The molecule has 0 bridgehead atoms. The lowest BCUT2D eigenvalue weighted by Gasteiger charge is -2.25. The summed E-state index contributed by atoms with van der Waals surface area (Å²) in [7, 11) is 5.97. The number of nitrogens with zero attached hydrogens (tertiary/aromatic N) is 1. The summed E-state index contributed by atoms with van der Waals surface area (Å²) in [5, 5.41) is 9.78. The number of carboxylic acids is 1. The number of quaternary nitrogens is 1. The maximum absolute atomic E-state index is 13.0. The minimum atomic E-state index is -1.53. The van der Waals surface area contributed by atoms with Gasteiger partial charge in [0, 0.05) is 12.8 Å². The van der Waals surface area contributed by atoms with Crippen molar-refractivity contribution in [1.29, 1.82) is 0 Å². The SMILES string of the molecule is CC/C=C\C/C=C\C/C=C\C/C=C\C/C=C\C/C=C\C/C=C\C/C=C\C/C=C\C/C=C\C/C=C\C/C=C\CCCCCCC(=O)OC(COC(=O)CCCCCCCCCCCCCCCCCCCCCCCCC/C=C\C/C=C\C/C=C\C/C=C\C/C=C\CC)COC(OCC[N+](C)(C)C)C(=O)O. The van der Waals surface area contributed by atoms with Crippen LogP contribution in [0.15, 0.2) is 207 Å². The molecular formula is C96H156NO8+. The van der Waals surface area contributed by atoms with Crippen LogP contribution in [0.25, 0.3) is 0 Å². The molecule has 0 rings (SSSR count). The second-order valence-corrected chi connectivity index (χ2v) is 28.7. The van der Waals surface area contributed by atoms with E-state index in [2.05, 4.69) is 220 Å². The van der Waals surface area contributed by atoms with Crippen molar-refractivity contribution in [3.8, 4) is 0 Å². The highest BCUT2D eigenvalue weighted by atomic mass is 16.7. The van der Waals surface area contributed by atoms with Crippen molar-refractivity contribution < 1.29 is 42.9 Å². The smallest absolute Gasteiger partial charge is 0.361 e. The van der Waals surface area contributed by atoms with Crippen LogP contribution in [-0.2, 0) is 33.3 Å². The van der Waals surface area contributed by atoms with Crippen LogP contribution in [0.4, 0.5) is 0 Å². The molecule has 0 radical (unpaired) electrons. The lowest BCUT2D eigenvalue weighted by molar-refractivity contribution is -0.870. The van der Waals surface area contributed by atoms with Gasteiger partial charge in [0.2, 0.25) is 0 Å². The molecule has 0 aliphatic heterocycles. The number of carbonyl (C=O) groups is 3. The number of carboxylic acid groups (broad SMARTS) is 1. The Labute approximate surface area is 645 Å². The van der Waals surface area contributed by atoms with E-state index in [0.29, 0.717) is 17.4 Å². The number of ether oxygens (including phenoxy) is 4. The van der Waals surface area contributed by atoms with Gasteiger partial charge >= 0.3 is 17.9 Å². The molecule has 0 aliphatic carbocycles. The third kappa shape index (κ3) is 85.0. The van der Waals surface area contributed by atoms with Gasteiger partial charge in [-0.2, -0.15) is 0 Å². The topological polar surface area (TPSA) is 108 Å². The van der Waals surface area contributed by atoms with Gasteiger partial charge < -0.3 is 28.5 Å². The maximum Gasteiger partial charge on any atom is 0.361 e. The van der Waals surface area contributed by atoms with E-state index < -0.39 is 24.3 Å². The lowest BCUT2D eigenvalue weighted by atomic mass is 10.0. The van der Waals surface area contributed by atoms with Crippen LogP contribution in [0.1, 0.15) is 322 Å². The van der Waals surface area contributed by atoms with E-state index >= 15 is 0 Å². The second-order valence-electron chi connectivity index (χ2n) is 28.7. The number of aliphatic carboxylic acids is 1. The summed E-state index contributed by atoms with van der Waals surface area (Å²) >= 11 is 0. The van der Waals surface area contributed by atoms with Crippen LogP contribution in [0.2, 0.25) is 0 Å². The number of likely N-dealkylation sites (N-methyl/N-ethyl adjacent to an activating group) is 1. The molecule has 0 saturated carbocycles. The van der Waals surface area contributed by atoms with Crippen LogP contribution >= 0.6 is 0 Å². The molecule has 105 heavy (non-hydrogen) atoms. The van der Waals surface area contributed by atoms with Crippen LogP contribution in [0, 0.1) is 0 Å². The molecule has 0 aromatic rings. The first-order valence-corrected chi connectivity index (χ1v) is 42.2. The largest absolute Gasteiger partial charge is 0.477 e. The van der Waals surface area contributed by atoms with Gasteiger partial charge in [-0.3, -0.25) is 9.59 Å². The number of carbonyl (C=O) groups excluding carboxylic acids is 2. The summed E-state index contributed by atoms with van der Waals surface area (Å²) in [6.45, 7) is 4.62. The van der Waals surface area contributed by atoms with E-state index in [9.17, 15) is 19.5 Å². The monoisotopic (exact) mass is 1450 g/mol. The Hall–Kier alpha value is -6.13. The summed E-state index contributed by atoms with van der Waals surface area (Å²) < 4.78 is 23.0. The van der Waals surface area contributed by atoms with E-state index in [-0.39, 0.29) is 38.6 Å². The number of esters is 2. The Bertz CT molecular complexity index is 2500. The molecule has 0 spiro atoms. The van der Waals surface area contributed by atoms with Crippen molar-refractivity contribution in [2.45, 2.75) is 334 Å². The van der Waals surface area contributed by atoms with Gasteiger partial charge in [-0.15, -0.1) is 0 Å². The number of hydrogen-bond donors (Lipinski definition) is 1. The normalized spacial score (nSPS) is 13.7. The fourth-order valence-corrected chi connectivity index (χ4v) is 11.2. The molecule has 0 heterocycles. The van der Waals surface area contributed by atoms with Gasteiger partial charge in [0.1, 0.15) is 13.2 Å². The third-order valence-electron chi connectivity index (χ3n) is 17.5. The third-order valence-corrected chi connectivity index (χ3v) is 17.5. The number of unbranched alkanes of at least 4 members (excludes halogenated alkanes) is 27. The molecule has 0 aromatic heterocycles. The maximum atomic E-state index is 13.0. The molecule has 0 fully saturated rings. The van der Waals surface area contributed by atoms with Crippen molar-refractivity contribution in [2.24, 2.45) is 0 Å². The fourth-order valence-electron chi connectivity index (χ4n) is 11.2. The van der Waals surface area contributed by atoms with Crippen LogP contribution in [-0.4, -0.2) is 87.4 Å². The van der Waals surface area contributed by atoms with Gasteiger partial charge in [0.25, 0.3) is 6.29 Å². The zero-order valence-electron chi connectivity index (χ0n) is 67.8. The Balaban J connectivity index is 4.11. The summed E-state index contributed by atoms with van der Waals surface area (Å²) in [5.74, 6) is -2.05.